The molecule has 8 aromatic rings. The lowest BCUT2D eigenvalue weighted by Gasteiger charge is -1.97. The quantitative estimate of drug-likeness (QED) is 0.161. The maximum absolute atomic E-state index is 11.9. The van der Waals surface area contributed by atoms with Gasteiger partial charge in [-0.1, -0.05) is 18.2 Å². The number of nitrogens with zero attached hydrogens (tertiary/aromatic N) is 8. The van der Waals surface area contributed by atoms with Gasteiger partial charge in [-0.05, 0) is 194 Å². The molecule has 0 atom stereocenters. The first-order valence-electron chi connectivity index (χ1n) is 22.3. The van der Waals surface area contributed by atoms with Crippen LogP contribution in [-0.4, -0.2) is 39.9 Å². The van der Waals surface area contributed by atoms with Gasteiger partial charge in [0.1, 0.15) is 11.4 Å². The molecule has 8 nitrogen and oxygen atoms in total. The molecule has 8 rings (SSSR count). The van der Waals surface area contributed by atoms with Gasteiger partial charge in [0.05, 0.1) is 0 Å². The monoisotopic (exact) mass is 1000 g/mol. The molecule has 0 N–H and O–H groups in total. The largest absolute Gasteiger partial charge is 0.280 e. The lowest BCUT2D eigenvalue weighted by atomic mass is 10.2. The molecule has 8 aromatic heterocycles. The first-order valence-corrected chi connectivity index (χ1v) is 22.3. The molecule has 72 heavy (non-hydrogen) atoms. The molecule has 0 unspecified atom stereocenters. The van der Waals surface area contributed by atoms with Gasteiger partial charge in [-0.3, -0.25) is 39.9 Å². The van der Waals surface area contributed by atoms with Gasteiger partial charge in [0.2, 0.25) is 0 Å². The normalized spacial score (nSPS) is 9.89. The number of pyridine rings is 8. The number of rotatable bonds is 4. The Morgan fingerprint density at radius 2 is 0.819 bits per heavy atom. The van der Waals surface area contributed by atoms with E-state index in [0.29, 0.717) is 5.69 Å². The fourth-order valence-corrected chi connectivity index (χ4v) is 4.90. The van der Waals surface area contributed by atoms with Crippen LogP contribution in [0.5, 0.6) is 0 Å². The van der Waals surface area contributed by atoms with Crippen molar-refractivity contribution < 1.29 is 35.1 Å². The first-order chi connectivity index (χ1) is 34.0. The zero-order valence-electron chi connectivity index (χ0n) is 42.8. The van der Waals surface area contributed by atoms with Crippen LogP contribution < -0.4 is 0 Å². The molecule has 0 radical (unpaired) electrons. The van der Waals surface area contributed by atoms with Crippen LogP contribution in [0.3, 0.4) is 0 Å². The Kier molecular flexibility index (Phi) is 30.3. The molecular weight excluding hydrogens is 937 g/mol. The lowest BCUT2D eigenvalue weighted by molar-refractivity contribution is 0.145. The Balaban J connectivity index is 0.000000412. The average molecular weight is 1000 g/mol. The summed E-state index contributed by atoms with van der Waals surface area (Å²) >= 11 is 0. The predicted molar refractivity (Wildman–Crippen MR) is 271 cm³/mol. The van der Waals surface area contributed by atoms with Crippen molar-refractivity contribution in [3.05, 3.63) is 237 Å². The molecule has 0 aromatic carbocycles. The van der Waals surface area contributed by atoms with Gasteiger partial charge in [0.25, 0.3) is 25.7 Å². The third-order valence-electron chi connectivity index (χ3n) is 9.78. The highest BCUT2D eigenvalue weighted by molar-refractivity contribution is 5.21. The third kappa shape index (κ3) is 27.7. The molecule has 0 saturated carbocycles. The fraction of sp³-hybridized carbons (Fsp3) is 0.286. The zero-order chi connectivity index (χ0) is 54.2. The Bertz CT molecular complexity index is 2350. The van der Waals surface area contributed by atoms with E-state index in [4.69, 9.17) is 0 Å². The number of aryl methyl sites for hydroxylation is 12. The summed E-state index contributed by atoms with van der Waals surface area (Å²) in [5, 5.41) is 0. The van der Waals surface area contributed by atoms with Gasteiger partial charge < -0.3 is 0 Å². The number of hydrogen-bond donors (Lipinski definition) is 0. The number of halogens is 8. The maximum atomic E-state index is 11.9. The van der Waals surface area contributed by atoms with E-state index in [1.807, 2.05) is 82.2 Å². The molecule has 16 heteroatoms. The molecule has 0 fully saturated rings. The molecular formula is C56H64F8N8. The molecule has 0 saturated heterocycles. The highest BCUT2D eigenvalue weighted by atomic mass is 19.3. The minimum Gasteiger partial charge on any atom is -0.264 e. The van der Waals surface area contributed by atoms with Gasteiger partial charge in [-0.15, -0.1) is 0 Å². The van der Waals surface area contributed by atoms with Crippen molar-refractivity contribution in [1.82, 2.24) is 39.9 Å². The van der Waals surface area contributed by atoms with E-state index in [1.54, 1.807) is 39.1 Å². The van der Waals surface area contributed by atoms with Crippen molar-refractivity contribution in [3.63, 3.8) is 0 Å². The summed E-state index contributed by atoms with van der Waals surface area (Å²) in [6, 6.07) is 22.2. The van der Waals surface area contributed by atoms with Crippen molar-refractivity contribution in [3.8, 4) is 0 Å². The molecule has 0 aliphatic carbocycles. The van der Waals surface area contributed by atoms with Gasteiger partial charge in [-0.2, -0.15) is 0 Å². The molecule has 384 valence electrons. The van der Waals surface area contributed by atoms with Crippen molar-refractivity contribution >= 4 is 0 Å². The SMILES string of the molecule is Cc1cc(C(F)F)ccn1.Cc1ccc(C(F)F)nc1.Cc1cccnc1C.Cc1cccnc1C.Cc1ccnc(C(F)F)c1.Cc1ccncc1C.Cc1ccncc1C.Cc1cncc(C(F)F)c1. The summed E-state index contributed by atoms with van der Waals surface area (Å²) in [4.78, 5) is 30.5. The summed E-state index contributed by atoms with van der Waals surface area (Å²) < 4.78 is 95.1. The molecule has 0 aliphatic heterocycles. The standard InChI is InChI=1S/4C7H7F2N.4C7H9N/c1-5-2-6(7(8)9)4-10-3-5;1-5-4-6(7(8)9)2-3-10-5;1-5-2-3-10-6(4-5)7(8)9;1-5-2-3-6(7(8)9)10-4-5;2*1-6-3-4-8-5-7(6)2;2*1-6-4-3-5-8-7(6)2/h4*2-4,7H,1H3;4*3-5H,1-2H3. The van der Waals surface area contributed by atoms with Crippen LogP contribution >= 0.6 is 0 Å². The van der Waals surface area contributed by atoms with Crippen LogP contribution in [0.25, 0.3) is 0 Å². The van der Waals surface area contributed by atoms with E-state index in [2.05, 4.69) is 93.5 Å². The summed E-state index contributed by atoms with van der Waals surface area (Å²) in [5.41, 5.74) is 12.7. The Morgan fingerprint density at radius 3 is 1.12 bits per heavy atom. The van der Waals surface area contributed by atoms with E-state index >= 15 is 0 Å². The Hall–Kier alpha value is -7.36. The minimum absolute atomic E-state index is 0.0139. The number of hydrogen-bond acceptors (Lipinski definition) is 8. The van der Waals surface area contributed by atoms with Crippen molar-refractivity contribution in [2.75, 3.05) is 0 Å². The second-order valence-corrected chi connectivity index (χ2v) is 16.0. The number of aromatic nitrogens is 8. The van der Waals surface area contributed by atoms with E-state index in [9.17, 15) is 35.1 Å². The molecule has 0 spiro atoms. The fourth-order valence-electron chi connectivity index (χ4n) is 4.90. The summed E-state index contributed by atoms with van der Waals surface area (Å²) in [6.45, 7) is 23.4. The summed E-state index contributed by atoms with van der Waals surface area (Å²) in [5.74, 6) is 0. The third-order valence-corrected chi connectivity index (χ3v) is 9.78. The Labute approximate surface area is 419 Å². The van der Waals surface area contributed by atoms with Crippen molar-refractivity contribution in [2.24, 2.45) is 0 Å². The van der Waals surface area contributed by atoms with Gasteiger partial charge >= 0.3 is 0 Å². The topological polar surface area (TPSA) is 103 Å². The van der Waals surface area contributed by atoms with Crippen LogP contribution in [0.2, 0.25) is 0 Å². The Morgan fingerprint density at radius 1 is 0.306 bits per heavy atom. The molecule has 0 bridgehead atoms. The summed E-state index contributed by atoms with van der Waals surface area (Å²) in [6.07, 6.45) is 8.19. The predicted octanol–water partition coefficient (Wildman–Crippen LogP) is 16.1. The van der Waals surface area contributed by atoms with Crippen LogP contribution in [-0.2, 0) is 0 Å². The van der Waals surface area contributed by atoms with E-state index < -0.39 is 25.7 Å². The smallest absolute Gasteiger partial charge is 0.264 e. The second-order valence-electron chi connectivity index (χ2n) is 16.0. The number of alkyl halides is 8. The van der Waals surface area contributed by atoms with Crippen molar-refractivity contribution in [1.29, 1.82) is 0 Å². The molecule has 0 amide bonds. The maximum Gasteiger partial charge on any atom is 0.280 e. The molecule has 0 aliphatic rings. The highest BCUT2D eigenvalue weighted by Crippen LogP contribution is 2.19. The van der Waals surface area contributed by atoms with E-state index in [-0.39, 0.29) is 22.5 Å². The van der Waals surface area contributed by atoms with E-state index in [1.165, 1.54) is 88.5 Å². The minimum atomic E-state index is -2.46. The lowest BCUT2D eigenvalue weighted by Crippen LogP contribution is -1.88. The average Bonchev–Trinajstić information content (AvgIpc) is 3.34. The van der Waals surface area contributed by atoms with Gasteiger partial charge in [0, 0.05) is 96.4 Å². The van der Waals surface area contributed by atoms with Gasteiger partial charge in [0.15, 0.2) is 0 Å². The zero-order valence-corrected chi connectivity index (χ0v) is 42.8. The van der Waals surface area contributed by atoms with Gasteiger partial charge in [-0.25, -0.2) is 35.1 Å². The van der Waals surface area contributed by atoms with Crippen LogP contribution in [0.4, 0.5) is 35.1 Å². The van der Waals surface area contributed by atoms with E-state index in [0.717, 1.165) is 28.1 Å². The van der Waals surface area contributed by atoms with Crippen LogP contribution in [0.15, 0.2) is 147 Å². The summed E-state index contributed by atoms with van der Waals surface area (Å²) in [7, 11) is 0. The first kappa shape index (κ1) is 62.7. The van der Waals surface area contributed by atoms with Crippen molar-refractivity contribution in [2.45, 2.75) is 109 Å². The highest BCUT2D eigenvalue weighted by Gasteiger charge is 2.08. The van der Waals surface area contributed by atoms with Crippen LogP contribution in [0.1, 0.15) is 115 Å². The second kappa shape index (κ2) is 34.9. The molecule has 8 heterocycles. The van der Waals surface area contributed by atoms with Crippen LogP contribution in [0, 0.1) is 83.1 Å².